The molecule has 0 saturated carbocycles. The third-order valence-electron chi connectivity index (χ3n) is 4.80. The van der Waals surface area contributed by atoms with Gasteiger partial charge in [-0.1, -0.05) is 13.0 Å². The summed E-state index contributed by atoms with van der Waals surface area (Å²) in [6.45, 7) is 8.22. The Bertz CT molecular complexity index is 830. The van der Waals surface area contributed by atoms with E-state index >= 15 is 0 Å². The Morgan fingerprint density at radius 1 is 1.44 bits per heavy atom. The Labute approximate surface area is 163 Å². The molecule has 2 aromatic rings. The third kappa shape index (κ3) is 5.04. The summed E-state index contributed by atoms with van der Waals surface area (Å²) in [5.74, 6) is 0.666. The lowest BCUT2D eigenvalue weighted by Crippen LogP contribution is -2.36. The zero-order valence-corrected chi connectivity index (χ0v) is 16.8. The van der Waals surface area contributed by atoms with Gasteiger partial charge in [-0.05, 0) is 44.2 Å². The molecule has 27 heavy (non-hydrogen) atoms. The second kappa shape index (κ2) is 9.59. The van der Waals surface area contributed by atoms with Crippen LogP contribution in [0, 0.1) is 0 Å². The third-order valence-corrected chi connectivity index (χ3v) is 5.99. The summed E-state index contributed by atoms with van der Waals surface area (Å²) in [6, 6.07) is 0. The van der Waals surface area contributed by atoms with Crippen molar-refractivity contribution in [1.82, 2.24) is 14.9 Å². The largest absolute Gasteiger partial charge is 0.389 e. The van der Waals surface area contributed by atoms with Crippen molar-refractivity contribution in [3.63, 3.8) is 0 Å². The molecule has 0 unspecified atom stereocenters. The Morgan fingerprint density at radius 3 is 3.04 bits per heavy atom. The van der Waals surface area contributed by atoms with Gasteiger partial charge in [0.1, 0.15) is 10.7 Å². The monoisotopic (exact) mass is 391 g/mol. The molecule has 2 N–H and O–H groups in total. The molecule has 0 aromatic carbocycles. The van der Waals surface area contributed by atoms with E-state index in [0.29, 0.717) is 25.5 Å². The summed E-state index contributed by atoms with van der Waals surface area (Å²) in [5, 5.41) is 11.0. The molecule has 2 aromatic heterocycles. The Kier molecular flexibility index (Phi) is 7.18. The van der Waals surface area contributed by atoms with E-state index in [4.69, 9.17) is 9.72 Å². The van der Waals surface area contributed by atoms with Crippen LogP contribution in [0.25, 0.3) is 10.2 Å². The molecule has 0 amide bonds. The van der Waals surface area contributed by atoms with Crippen molar-refractivity contribution in [1.29, 1.82) is 0 Å². The molecule has 7 heteroatoms. The first-order valence-corrected chi connectivity index (χ1v) is 10.6. The van der Waals surface area contributed by atoms with E-state index in [1.165, 1.54) is 16.9 Å². The number of rotatable bonds is 10. The molecule has 148 valence electrons. The lowest BCUT2D eigenvalue weighted by atomic mass is 9.97. The maximum atomic E-state index is 12.7. The molecule has 0 bridgehead atoms. The number of thiophene rings is 1. The number of fused-ring (bicyclic) bond motifs is 3. The van der Waals surface area contributed by atoms with Gasteiger partial charge in [0.15, 0.2) is 0 Å². The molecular formula is C20H29N3O3S. The van der Waals surface area contributed by atoms with Crippen LogP contribution in [-0.4, -0.2) is 52.4 Å². The van der Waals surface area contributed by atoms with Crippen LogP contribution in [0.15, 0.2) is 17.4 Å². The Balaban J connectivity index is 1.74. The van der Waals surface area contributed by atoms with Crippen molar-refractivity contribution in [2.24, 2.45) is 0 Å². The first kappa shape index (κ1) is 20.2. The van der Waals surface area contributed by atoms with Crippen LogP contribution in [0.3, 0.4) is 0 Å². The van der Waals surface area contributed by atoms with Gasteiger partial charge in [-0.2, -0.15) is 0 Å². The highest BCUT2D eigenvalue weighted by atomic mass is 32.1. The van der Waals surface area contributed by atoms with E-state index in [-0.39, 0.29) is 12.2 Å². The fourth-order valence-electron chi connectivity index (χ4n) is 3.68. The molecule has 0 fully saturated rings. The number of aliphatic hydroxyl groups excluding tert-OH is 1. The molecule has 2 heterocycles. The van der Waals surface area contributed by atoms with Gasteiger partial charge in [-0.25, -0.2) is 4.98 Å². The zero-order valence-electron chi connectivity index (χ0n) is 16.0. The molecule has 0 spiro atoms. The van der Waals surface area contributed by atoms with E-state index in [1.54, 1.807) is 17.4 Å². The van der Waals surface area contributed by atoms with Crippen LogP contribution in [0.1, 0.15) is 42.5 Å². The average molecular weight is 392 g/mol. The molecule has 0 aliphatic heterocycles. The number of aromatic nitrogens is 2. The SMILES string of the molecule is C=CCOC[C@@H](O)CN(CCC)Cc1nc2sc3c(c2c(=O)[nH]1)CCCC3. The number of H-pyrrole nitrogens is 1. The molecule has 0 saturated heterocycles. The van der Waals surface area contributed by atoms with E-state index in [9.17, 15) is 9.90 Å². The fourth-order valence-corrected chi connectivity index (χ4v) is 4.97. The Morgan fingerprint density at radius 2 is 2.26 bits per heavy atom. The summed E-state index contributed by atoms with van der Waals surface area (Å²) in [5.41, 5.74) is 1.18. The van der Waals surface area contributed by atoms with Crippen LogP contribution >= 0.6 is 11.3 Å². The van der Waals surface area contributed by atoms with Gasteiger partial charge in [0, 0.05) is 11.4 Å². The lowest BCUT2D eigenvalue weighted by Gasteiger charge is -2.24. The minimum Gasteiger partial charge on any atom is -0.389 e. The molecule has 6 nitrogen and oxygen atoms in total. The van der Waals surface area contributed by atoms with Crippen LogP contribution < -0.4 is 5.56 Å². The second-order valence-electron chi connectivity index (χ2n) is 7.12. The predicted octanol–water partition coefficient (Wildman–Crippen LogP) is 2.64. The molecule has 1 aliphatic carbocycles. The highest BCUT2D eigenvalue weighted by Crippen LogP contribution is 2.33. The number of hydrogen-bond donors (Lipinski definition) is 2. The number of aliphatic hydroxyl groups is 1. The van der Waals surface area contributed by atoms with Gasteiger partial charge >= 0.3 is 0 Å². The van der Waals surface area contributed by atoms with E-state index in [0.717, 1.165) is 42.4 Å². The number of nitrogens with zero attached hydrogens (tertiary/aromatic N) is 2. The second-order valence-corrected chi connectivity index (χ2v) is 8.20. The van der Waals surface area contributed by atoms with Crippen LogP contribution in [0.4, 0.5) is 0 Å². The van der Waals surface area contributed by atoms with E-state index < -0.39 is 6.10 Å². The minimum absolute atomic E-state index is 0.0271. The minimum atomic E-state index is -0.582. The van der Waals surface area contributed by atoms with Gasteiger partial charge in [0.25, 0.3) is 5.56 Å². The summed E-state index contributed by atoms with van der Waals surface area (Å²) in [4.78, 5) is 24.7. The molecule has 0 radical (unpaired) electrons. The smallest absolute Gasteiger partial charge is 0.259 e. The quantitative estimate of drug-likeness (QED) is 0.481. The van der Waals surface area contributed by atoms with Crippen molar-refractivity contribution in [2.45, 2.75) is 51.7 Å². The van der Waals surface area contributed by atoms with Crippen LogP contribution in [-0.2, 0) is 24.1 Å². The fraction of sp³-hybridized carbons (Fsp3) is 0.600. The predicted molar refractivity (Wildman–Crippen MR) is 109 cm³/mol. The number of ether oxygens (including phenoxy) is 1. The first-order chi connectivity index (χ1) is 13.1. The highest BCUT2D eigenvalue weighted by Gasteiger charge is 2.20. The van der Waals surface area contributed by atoms with Crippen LogP contribution in [0.5, 0.6) is 0 Å². The van der Waals surface area contributed by atoms with Crippen molar-refractivity contribution in [2.75, 3.05) is 26.3 Å². The van der Waals surface area contributed by atoms with E-state index in [2.05, 4.69) is 23.4 Å². The maximum Gasteiger partial charge on any atom is 0.259 e. The summed E-state index contributed by atoms with van der Waals surface area (Å²) >= 11 is 1.67. The molecule has 1 atom stereocenters. The van der Waals surface area contributed by atoms with Crippen LogP contribution in [0.2, 0.25) is 0 Å². The normalized spacial score (nSPS) is 15.2. The summed E-state index contributed by atoms with van der Waals surface area (Å²) in [7, 11) is 0. The Hall–Kier alpha value is -1.54. The van der Waals surface area contributed by atoms with E-state index in [1.807, 2.05) is 0 Å². The summed E-state index contributed by atoms with van der Waals surface area (Å²) < 4.78 is 5.33. The van der Waals surface area contributed by atoms with Gasteiger partial charge in [-0.3, -0.25) is 9.69 Å². The van der Waals surface area contributed by atoms with Gasteiger partial charge in [-0.15, -0.1) is 17.9 Å². The molecular weight excluding hydrogens is 362 g/mol. The maximum absolute atomic E-state index is 12.7. The average Bonchev–Trinajstić information content (AvgIpc) is 3.00. The number of nitrogens with one attached hydrogen (secondary N) is 1. The van der Waals surface area contributed by atoms with Gasteiger partial charge in [0.2, 0.25) is 0 Å². The first-order valence-electron chi connectivity index (χ1n) is 9.74. The summed E-state index contributed by atoms with van der Waals surface area (Å²) in [6.07, 6.45) is 6.43. The van der Waals surface area contributed by atoms with Crippen molar-refractivity contribution < 1.29 is 9.84 Å². The molecule has 1 aliphatic rings. The number of aryl methyl sites for hydroxylation is 2. The number of aromatic amines is 1. The van der Waals surface area contributed by atoms with Crippen molar-refractivity contribution in [3.8, 4) is 0 Å². The molecule has 3 rings (SSSR count). The van der Waals surface area contributed by atoms with Gasteiger partial charge in [0.05, 0.1) is 31.2 Å². The topological polar surface area (TPSA) is 78.5 Å². The number of hydrogen-bond acceptors (Lipinski definition) is 6. The highest BCUT2D eigenvalue weighted by molar-refractivity contribution is 7.18. The van der Waals surface area contributed by atoms with Crippen molar-refractivity contribution >= 4 is 21.6 Å². The standard InChI is InChI=1S/C20H29N3O3S/c1-3-9-23(11-14(24)13-26-10-4-2)12-17-21-19(25)18-15-7-5-6-8-16(15)27-20(18)22-17/h4,14,24H,2-3,5-13H2,1H3,(H,21,22,25)/t14-/m0/s1. The zero-order chi connectivity index (χ0) is 19.2. The van der Waals surface area contributed by atoms with Crippen molar-refractivity contribution in [3.05, 3.63) is 39.3 Å². The lowest BCUT2D eigenvalue weighted by molar-refractivity contribution is 0.0241. The van der Waals surface area contributed by atoms with Gasteiger partial charge < -0.3 is 14.8 Å².